The smallest absolute Gasteiger partial charge is 0.241 e. The van der Waals surface area contributed by atoms with E-state index in [1.165, 1.54) is 20.3 Å². The molecule has 0 fully saturated rings. The fourth-order valence-corrected chi connectivity index (χ4v) is 4.48. The first-order chi connectivity index (χ1) is 11.9. The Balaban J connectivity index is 1.97. The predicted molar refractivity (Wildman–Crippen MR) is 90.4 cm³/mol. The van der Waals surface area contributed by atoms with Crippen LogP contribution in [0.15, 0.2) is 41.3 Å². The van der Waals surface area contributed by atoms with Crippen LogP contribution in [0.25, 0.3) is 0 Å². The molecular weight excluding hydrogens is 346 g/mol. The number of rotatable bonds is 4. The van der Waals surface area contributed by atoms with Gasteiger partial charge in [-0.25, -0.2) is 13.1 Å². The summed E-state index contributed by atoms with van der Waals surface area (Å²) in [6, 6.07) is 8.78. The zero-order valence-electron chi connectivity index (χ0n) is 13.8. The lowest BCUT2D eigenvalue weighted by Gasteiger charge is -2.31. The van der Waals surface area contributed by atoms with E-state index >= 15 is 0 Å². The number of benzene rings is 2. The lowest BCUT2D eigenvalue weighted by atomic mass is 9.96. The molecule has 2 aromatic rings. The number of sulfonamides is 1. The van der Waals surface area contributed by atoms with Crippen LogP contribution in [0.5, 0.6) is 17.2 Å². The highest BCUT2D eigenvalue weighted by atomic mass is 32.2. The molecule has 3 N–H and O–H groups in total. The first-order valence-corrected chi connectivity index (χ1v) is 9.09. The minimum absolute atomic E-state index is 0.0830. The number of hydrogen-bond donors (Lipinski definition) is 3. The van der Waals surface area contributed by atoms with Crippen molar-refractivity contribution in [1.29, 1.82) is 0 Å². The lowest BCUT2D eigenvalue weighted by molar-refractivity contribution is 0.131. The van der Waals surface area contributed by atoms with Crippen molar-refractivity contribution in [2.45, 2.75) is 23.5 Å². The fourth-order valence-electron chi connectivity index (χ4n) is 2.99. The molecule has 134 valence electrons. The van der Waals surface area contributed by atoms with Gasteiger partial charge in [0.1, 0.15) is 0 Å². The highest BCUT2D eigenvalue weighted by molar-refractivity contribution is 7.89. The van der Waals surface area contributed by atoms with Crippen LogP contribution in [0.4, 0.5) is 0 Å². The maximum absolute atomic E-state index is 12.4. The molecule has 0 aliphatic carbocycles. The molecule has 25 heavy (non-hydrogen) atoms. The standard InChI is InChI=1S/C17H19NO6S/c1-23-13-8-10(9-14(24-2)17(13)20)7-12-16(19)11-5-3-4-6-15(11)25(21,22)18-12/h3-6,8-9,12,16,18-20H,7H2,1-2H3/t12-,16-/m1/s1. The van der Waals surface area contributed by atoms with Crippen molar-refractivity contribution in [3.8, 4) is 17.2 Å². The topological polar surface area (TPSA) is 105 Å². The molecule has 7 nitrogen and oxygen atoms in total. The number of phenols is 1. The Bertz CT molecular complexity index is 871. The zero-order chi connectivity index (χ0) is 18.2. The maximum atomic E-state index is 12.4. The molecule has 0 amide bonds. The van der Waals surface area contributed by atoms with Crippen LogP contribution < -0.4 is 14.2 Å². The Labute approximate surface area is 145 Å². The third-order valence-corrected chi connectivity index (χ3v) is 5.77. The van der Waals surface area contributed by atoms with E-state index in [-0.39, 0.29) is 28.6 Å². The summed E-state index contributed by atoms with van der Waals surface area (Å²) in [7, 11) is -0.887. The molecule has 1 aliphatic heterocycles. The molecule has 1 heterocycles. The van der Waals surface area contributed by atoms with E-state index in [0.717, 1.165) is 0 Å². The van der Waals surface area contributed by atoms with Crippen molar-refractivity contribution in [2.24, 2.45) is 0 Å². The molecular formula is C17H19NO6S. The molecule has 2 atom stereocenters. The second-order valence-corrected chi connectivity index (χ2v) is 7.45. The average Bonchev–Trinajstić information content (AvgIpc) is 2.60. The van der Waals surface area contributed by atoms with Gasteiger partial charge in [-0.1, -0.05) is 18.2 Å². The van der Waals surface area contributed by atoms with Gasteiger partial charge < -0.3 is 19.7 Å². The van der Waals surface area contributed by atoms with E-state index in [1.54, 1.807) is 30.3 Å². The summed E-state index contributed by atoms with van der Waals surface area (Å²) in [6.45, 7) is 0. The molecule has 0 spiro atoms. The number of hydrogen-bond acceptors (Lipinski definition) is 6. The number of methoxy groups -OCH3 is 2. The predicted octanol–water partition coefficient (Wildman–Crippen LogP) is 1.35. The van der Waals surface area contributed by atoms with Gasteiger partial charge in [0.15, 0.2) is 11.5 Å². The highest BCUT2D eigenvalue weighted by Crippen LogP contribution is 2.38. The summed E-state index contributed by atoms with van der Waals surface area (Å²) in [5, 5.41) is 20.6. The van der Waals surface area contributed by atoms with Gasteiger partial charge in [0.05, 0.1) is 31.3 Å². The summed E-state index contributed by atoms with van der Waals surface area (Å²) in [5.74, 6) is 0.287. The quantitative estimate of drug-likeness (QED) is 0.755. The minimum atomic E-state index is -3.71. The average molecular weight is 365 g/mol. The van der Waals surface area contributed by atoms with Crippen LogP contribution in [0.3, 0.4) is 0 Å². The Morgan fingerprint density at radius 3 is 2.32 bits per heavy atom. The Morgan fingerprint density at radius 1 is 1.12 bits per heavy atom. The monoisotopic (exact) mass is 365 g/mol. The van der Waals surface area contributed by atoms with E-state index in [1.807, 2.05) is 0 Å². The van der Waals surface area contributed by atoms with Crippen LogP contribution in [0, 0.1) is 0 Å². The first kappa shape index (κ1) is 17.5. The molecule has 0 saturated heterocycles. The van der Waals surface area contributed by atoms with Crippen LogP contribution in [0.1, 0.15) is 17.2 Å². The van der Waals surface area contributed by atoms with Gasteiger partial charge in [-0.05, 0) is 30.2 Å². The Morgan fingerprint density at radius 2 is 1.72 bits per heavy atom. The largest absolute Gasteiger partial charge is 0.502 e. The fraction of sp³-hybridized carbons (Fsp3) is 0.294. The van der Waals surface area contributed by atoms with Gasteiger partial charge in [-0.3, -0.25) is 0 Å². The van der Waals surface area contributed by atoms with Crippen molar-refractivity contribution in [3.63, 3.8) is 0 Å². The summed E-state index contributed by atoms with van der Waals surface area (Å²) in [6.07, 6.45) is -0.799. The van der Waals surface area contributed by atoms with Gasteiger partial charge in [0.25, 0.3) is 0 Å². The normalized spacial score (nSPS) is 21.4. The maximum Gasteiger partial charge on any atom is 0.241 e. The van der Waals surface area contributed by atoms with Crippen LogP contribution >= 0.6 is 0 Å². The Kier molecular flexibility index (Phi) is 4.59. The molecule has 3 rings (SSSR count). The summed E-state index contributed by atoms with van der Waals surface area (Å²) in [5.41, 5.74) is 1.02. The van der Waals surface area contributed by atoms with Crippen LogP contribution in [0.2, 0.25) is 0 Å². The highest BCUT2D eigenvalue weighted by Gasteiger charge is 2.36. The minimum Gasteiger partial charge on any atom is -0.502 e. The SMILES string of the molecule is COc1cc(C[C@H]2NS(=O)(=O)c3ccccc3[C@H]2O)cc(OC)c1O. The molecule has 8 heteroatoms. The molecule has 0 bridgehead atoms. The molecule has 0 aromatic heterocycles. The number of nitrogens with one attached hydrogen (secondary N) is 1. The third kappa shape index (κ3) is 3.15. The summed E-state index contributed by atoms with van der Waals surface area (Å²) >= 11 is 0. The van der Waals surface area contributed by atoms with E-state index in [2.05, 4.69) is 4.72 Å². The third-order valence-electron chi connectivity index (χ3n) is 4.21. The first-order valence-electron chi connectivity index (χ1n) is 7.60. The van der Waals surface area contributed by atoms with Gasteiger partial charge in [0, 0.05) is 5.56 Å². The van der Waals surface area contributed by atoms with E-state index in [9.17, 15) is 18.6 Å². The van der Waals surface area contributed by atoms with Crippen molar-refractivity contribution in [2.75, 3.05) is 14.2 Å². The Hall–Kier alpha value is -2.29. The number of phenolic OH excluding ortho intramolecular Hbond substituents is 1. The number of aliphatic hydroxyl groups is 1. The summed E-state index contributed by atoms with van der Waals surface area (Å²) < 4.78 is 37.6. The van der Waals surface area contributed by atoms with Gasteiger partial charge in [-0.2, -0.15) is 0 Å². The van der Waals surface area contributed by atoms with E-state index in [0.29, 0.717) is 11.1 Å². The molecule has 0 radical (unpaired) electrons. The number of fused-ring (bicyclic) bond motifs is 1. The number of aliphatic hydroxyl groups excluding tert-OH is 1. The molecule has 0 unspecified atom stereocenters. The van der Waals surface area contributed by atoms with E-state index in [4.69, 9.17) is 9.47 Å². The molecule has 0 saturated carbocycles. The summed E-state index contributed by atoms with van der Waals surface area (Å²) in [4.78, 5) is 0.0830. The van der Waals surface area contributed by atoms with Gasteiger partial charge in [-0.15, -0.1) is 0 Å². The van der Waals surface area contributed by atoms with Gasteiger partial charge in [0.2, 0.25) is 15.8 Å². The van der Waals surface area contributed by atoms with Crippen LogP contribution in [-0.4, -0.2) is 38.9 Å². The van der Waals surface area contributed by atoms with Crippen molar-refractivity contribution >= 4 is 10.0 Å². The van der Waals surface area contributed by atoms with Gasteiger partial charge >= 0.3 is 0 Å². The molecule has 1 aliphatic rings. The van der Waals surface area contributed by atoms with Crippen molar-refractivity contribution in [3.05, 3.63) is 47.5 Å². The molecule has 2 aromatic carbocycles. The lowest BCUT2D eigenvalue weighted by Crippen LogP contribution is -2.45. The second kappa shape index (κ2) is 6.55. The van der Waals surface area contributed by atoms with Crippen molar-refractivity contribution < 1.29 is 28.1 Å². The van der Waals surface area contributed by atoms with Crippen molar-refractivity contribution in [1.82, 2.24) is 4.72 Å². The van der Waals surface area contributed by atoms with Crippen LogP contribution in [-0.2, 0) is 16.4 Å². The zero-order valence-corrected chi connectivity index (χ0v) is 14.6. The number of ether oxygens (including phenoxy) is 2. The second-order valence-electron chi connectivity index (χ2n) is 5.76. The number of aromatic hydroxyl groups is 1. The van der Waals surface area contributed by atoms with E-state index < -0.39 is 22.2 Å².